The van der Waals surface area contributed by atoms with Gasteiger partial charge in [-0.1, -0.05) is 38.1 Å². The van der Waals surface area contributed by atoms with E-state index in [1.54, 1.807) is 23.6 Å². The lowest BCUT2D eigenvalue weighted by molar-refractivity contribution is -0.140. The van der Waals surface area contributed by atoms with Crippen LogP contribution in [0.1, 0.15) is 45.2 Å². The first kappa shape index (κ1) is 24.6. The molecule has 33 heavy (non-hydrogen) atoms. The topological polar surface area (TPSA) is 59.1 Å². The van der Waals surface area contributed by atoms with E-state index in [0.717, 1.165) is 19.3 Å². The average Bonchev–Trinajstić information content (AvgIpc) is 3.10. The van der Waals surface area contributed by atoms with Gasteiger partial charge in [0.15, 0.2) is 12.2 Å². The summed E-state index contributed by atoms with van der Waals surface area (Å²) in [5.41, 5.74) is 2.46. The van der Waals surface area contributed by atoms with E-state index >= 15 is 0 Å². The number of rotatable bonds is 8. The summed E-state index contributed by atoms with van der Waals surface area (Å²) in [6.07, 6.45) is 1.51. The van der Waals surface area contributed by atoms with Gasteiger partial charge in [-0.3, -0.25) is 9.59 Å². The van der Waals surface area contributed by atoms with Crippen molar-refractivity contribution in [1.29, 1.82) is 0 Å². The highest BCUT2D eigenvalue weighted by Gasteiger charge is 2.28. The van der Waals surface area contributed by atoms with E-state index in [-0.39, 0.29) is 11.8 Å². The lowest BCUT2D eigenvalue weighted by atomic mass is 10.2. The van der Waals surface area contributed by atoms with Crippen LogP contribution in [0.2, 0.25) is 0 Å². The number of carbonyl (C=O) groups is 2. The van der Waals surface area contributed by atoms with Crippen LogP contribution >= 0.6 is 0 Å². The third-order valence-electron chi connectivity index (χ3n) is 6.10. The predicted molar refractivity (Wildman–Crippen MR) is 130 cm³/mol. The average molecular weight is 453 g/mol. The summed E-state index contributed by atoms with van der Waals surface area (Å²) in [7, 11) is 0. The van der Waals surface area contributed by atoms with Crippen molar-refractivity contribution in [2.75, 3.05) is 26.2 Å². The van der Waals surface area contributed by atoms with Gasteiger partial charge in [0.05, 0.1) is 0 Å². The summed E-state index contributed by atoms with van der Waals surface area (Å²) in [6.45, 7) is 9.97. The molecular formula is C27H36N2O4. The molecule has 0 radical (unpaired) electrons. The molecule has 0 aliphatic carbocycles. The highest BCUT2D eigenvalue weighted by atomic mass is 16.5. The van der Waals surface area contributed by atoms with E-state index in [9.17, 15) is 9.59 Å². The number of nitrogens with zero attached hydrogens (tertiary/aromatic N) is 2. The van der Waals surface area contributed by atoms with E-state index in [4.69, 9.17) is 9.47 Å². The molecule has 2 atom stereocenters. The summed E-state index contributed by atoms with van der Waals surface area (Å²) < 4.78 is 11.7. The van der Waals surface area contributed by atoms with Crippen LogP contribution < -0.4 is 9.47 Å². The van der Waals surface area contributed by atoms with Crippen molar-refractivity contribution in [3.05, 3.63) is 59.7 Å². The quantitative estimate of drug-likeness (QED) is 0.605. The summed E-state index contributed by atoms with van der Waals surface area (Å²) in [4.78, 5) is 29.5. The number of hydrogen-bond acceptors (Lipinski definition) is 4. The first-order valence-electron chi connectivity index (χ1n) is 12.0. The monoisotopic (exact) mass is 452 g/mol. The van der Waals surface area contributed by atoms with Crippen LogP contribution in [-0.2, 0) is 22.4 Å². The summed E-state index contributed by atoms with van der Waals surface area (Å²) in [5, 5.41) is 0. The van der Waals surface area contributed by atoms with E-state index < -0.39 is 12.2 Å². The Labute approximate surface area is 197 Å². The zero-order valence-corrected chi connectivity index (χ0v) is 20.3. The van der Waals surface area contributed by atoms with Crippen LogP contribution in [0.3, 0.4) is 0 Å². The molecule has 3 rings (SSSR count). The minimum atomic E-state index is -0.576. The van der Waals surface area contributed by atoms with Crippen LogP contribution in [0, 0.1) is 0 Å². The van der Waals surface area contributed by atoms with Gasteiger partial charge in [-0.15, -0.1) is 0 Å². The second kappa shape index (κ2) is 11.7. The standard InChI is InChI=1S/C27H36N2O4/c1-5-22-8-12-24(13-9-22)32-20(3)26(30)28-16-7-17-29(19-18-28)27(31)21(4)33-25-14-10-23(6-2)11-15-25/h8-15,20-21H,5-7,16-19H2,1-4H3. The van der Waals surface area contributed by atoms with Gasteiger partial charge >= 0.3 is 0 Å². The second-order valence-corrected chi connectivity index (χ2v) is 8.52. The Hall–Kier alpha value is -3.02. The van der Waals surface area contributed by atoms with Crippen LogP contribution in [0.25, 0.3) is 0 Å². The fraction of sp³-hybridized carbons (Fsp3) is 0.481. The molecule has 1 aliphatic rings. The van der Waals surface area contributed by atoms with Crippen molar-refractivity contribution >= 4 is 11.8 Å². The summed E-state index contributed by atoms with van der Waals surface area (Å²) >= 11 is 0. The van der Waals surface area contributed by atoms with E-state index in [1.807, 2.05) is 48.5 Å². The van der Waals surface area contributed by atoms with Gasteiger partial charge in [-0.25, -0.2) is 0 Å². The molecular weight excluding hydrogens is 416 g/mol. The number of ether oxygens (including phenoxy) is 2. The smallest absolute Gasteiger partial charge is 0.263 e. The fourth-order valence-electron chi connectivity index (χ4n) is 3.99. The molecule has 0 bridgehead atoms. The van der Waals surface area contributed by atoms with Crippen LogP contribution in [0.4, 0.5) is 0 Å². The normalized spacial score (nSPS) is 16.0. The van der Waals surface area contributed by atoms with E-state index in [2.05, 4.69) is 13.8 Å². The van der Waals surface area contributed by atoms with Gasteiger partial charge in [0.25, 0.3) is 11.8 Å². The molecule has 2 unspecified atom stereocenters. The minimum Gasteiger partial charge on any atom is -0.481 e. The van der Waals surface area contributed by atoms with Crippen molar-refractivity contribution < 1.29 is 19.1 Å². The van der Waals surface area contributed by atoms with Crippen LogP contribution in [-0.4, -0.2) is 60.0 Å². The zero-order chi connectivity index (χ0) is 23.8. The molecule has 1 heterocycles. The fourth-order valence-corrected chi connectivity index (χ4v) is 3.99. The van der Waals surface area contributed by atoms with Gasteiger partial charge in [-0.05, 0) is 68.5 Å². The Morgan fingerprint density at radius 2 is 1.06 bits per heavy atom. The maximum Gasteiger partial charge on any atom is 0.263 e. The third-order valence-corrected chi connectivity index (χ3v) is 6.10. The van der Waals surface area contributed by atoms with E-state index in [1.165, 1.54) is 11.1 Å². The molecule has 2 amide bonds. The number of benzene rings is 2. The molecule has 6 heteroatoms. The molecule has 0 spiro atoms. The Balaban J connectivity index is 1.51. The highest BCUT2D eigenvalue weighted by Crippen LogP contribution is 2.18. The number of hydrogen-bond donors (Lipinski definition) is 0. The first-order valence-corrected chi connectivity index (χ1v) is 12.0. The largest absolute Gasteiger partial charge is 0.481 e. The lowest BCUT2D eigenvalue weighted by Gasteiger charge is -2.26. The number of carbonyl (C=O) groups excluding carboxylic acids is 2. The molecule has 2 aromatic carbocycles. The van der Waals surface area contributed by atoms with Gasteiger partial charge in [0.1, 0.15) is 11.5 Å². The second-order valence-electron chi connectivity index (χ2n) is 8.52. The molecule has 1 saturated heterocycles. The molecule has 2 aromatic rings. The third kappa shape index (κ3) is 6.73. The molecule has 0 N–H and O–H groups in total. The van der Waals surface area contributed by atoms with Crippen molar-refractivity contribution in [2.24, 2.45) is 0 Å². The molecule has 6 nitrogen and oxygen atoms in total. The van der Waals surface area contributed by atoms with Gasteiger partial charge < -0.3 is 19.3 Å². The maximum atomic E-state index is 13.0. The highest BCUT2D eigenvalue weighted by molar-refractivity contribution is 5.82. The summed E-state index contributed by atoms with van der Waals surface area (Å²) in [5.74, 6) is 1.28. The van der Waals surface area contributed by atoms with Crippen molar-refractivity contribution in [2.45, 2.75) is 59.2 Å². The Kier molecular flexibility index (Phi) is 8.75. The predicted octanol–water partition coefficient (Wildman–Crippen LogP) is 4.11. The van der Waals surface area contributed by atoms with Crippen LogP contribution in [0.15, 0.2) is 48.5 Å². The zero-order valence-electron chi connectivity index (χ0n) is 20.3. The molecule has 0 aromatic heterocycles. The Bertz CT molecular complexity index is 835. The molecule has 1 fully saturated rings. The minimum absolute atomic E-state index is 0.0517. The van der Waals surface area contributed by atoms with E-state index in [0.29, 0.717) is 37.7 Å². The summed E-state index contributed by atoms with van der Waals surface area (Å²) in [6, 6.07) is 15.7. The van der Waals surface area contributed by atoms with Crippen LogP contribution in [0.5, 0.6) is 11.5 Å². The maximum absolute atomic E-state index is 13.0. The molecule has 178 valence electrons. The SMILES string of the molecule is CCc1ccc(OC(C)C(=O)N2CCCN(C(=O)C(C)Oc3ccc(CC)cc3)CC2)cc1. The number of aryl methyl sites for hydroxylation is 2. The van der Waals surface area contributed by atoms with Gasteiger partial charge in [0.2, 0.25) is 0 Å². The van der Waals surface area contributed by atoms with Gasteiger partial charge in [0, 0.05) is 26.2 Å². The van der Waals surface area contributed by atoms with Crippen molar-refractivity contribution in [3.8, 4) is 11.5 Å². The van der Waals surface area contributed by atoms with Crippen molar-refractivity contribution in [3.63, 3.8) is 0 Å². The molecule has 1 aliphatic heterocycles. The van der Waals surface area contributed by atoms with Gasteiger partial charge in [-0.2, -0.15) is 0 Å². The first-order chi connectivity index (χ1) is 15.9. The van der Waals surface area contributed by atoms with Crippen molar-refractivity contribution in [1.82, 2.24) is 9.80 Å². The molecule has 0 saturated carbocycles. The number of amides is 2. The lowest BCUT2D eigenvalue weighted by Crippen LogP contribution is -2.45. The Morgan fingerprint density at radius 3 is 1.39 bits per heavy atom. The Morgan fingerprint density at radius 1 is 0.697 bits per heavy atom.